The molecule has 4 rings (SSSR count). The molecule has 0 fully saturated rings. The molecule has 0 aliphatic carbocycles. The second-order valence-electron chi connectivity index (χ2n) is 5.61. The molecule has 2 aromatic heterocycles. The monoisotopic (exact) mass is 363 g/mol. The standard InChI is InChI=1S/C20H14FN3OS/c21-14-6-4-7-15(12-14)22-20(25)17-13-24(16-8-2-1-3-9-16)23-19(17)18-10-5-11-26-18/h1-13H,(H,22,25). The third kappa shape index (κ3) is 3.27. The predicted octanol–water partition coefficient (Wildman–Crippen LogP) is 4.99. The van der Waals surface area contributed by atoms with Gasteiger partial charge in [0, 0.05) is 11.9 Å². The molecule has 2 aromatic carbocycles. The zero-order valence-corrected chi connectivity index (χ0v) is 14.4. The van der Waals surface area contributed by atoms with E-state index in [1.54, 1.807) is 23.0 Å². The molecule has 4 aromatic rings. The fourth-order valence-corrected chi connectivity index (χ4v) is 3.34. The smallest absolute Gasteiger partial charge is 0.259 e. The van der Waals surface area contributed by atoms with E-state index in [0.29, 0.717) is 16.9 Å². The summed E-state index contributed by atoms with van der Waals surface area (Å²) in [7, 11) is 0. The molecule has 2 heterocycles. The van der Waals surface area contributed by atoms with Crippen molar-refractivity contribution < 1.29 is 9.18 Å². The first kappa shape index (κ1) is 16.2. The molecular weight excluding hydrogens is 349 g/mol. The van der Waals surface area contributed by atoms with Crippen molar-refractivity contribution in [2.45, 2.75) is 0 Å². The van der Waals surface area contributed by atoms with Crippen molar-refractivity contribution >= 4 is 22.9 Å². The molecule has 0 saturated heterocycles. The highest BCUT2D eigenvalue weighted by molar-refractivity contribution is 7.13. The van der Waals surface area contributed by atoms with Crippen molar-refractivity contribution in [1.29, 1.82) is 0 Å². The van der Waals surface area contributed by atoms with E-state index in [2.05, 4.69) is 10.4 Å². The van der Waals surface area contributed by atoms with Gasteiger partial charge in [0.25, 0.3) is 5.91 Å². The maximum Gasteiger partial charge on any atom is 0.259 e. The molecule has 0 aliphatic heterocycles. The maximum absolute atomic E-state index is 13.4. The van der Waals surface area contributed by atoms with E-state index >= 15 is 0 Å². The number of hydrogen-bond acceptors (Lipinski definition) is 3. The lowest BCUT2D eigenvalue weighted by Gasteiger charge is -2.04. The number of nitrogens with zero attached hydrogens (tertiary/aromatic N) is 2. The number of rotatable bonds is 4. The van der Waals surface area contributed by atoms with Crippen LogP contribution < -0.4 is 5.32 Å². The van der Waals surface area contributed by atoms with Crippen molar-refractivity contribution in [3.63, 3.8) is 0 Å². The Bertz CT molecular complexity index is 1040. The van der Waals surface area contributed by atoms with Gasteiger partial charge in [-0.05, 0) is 41.8 Å². The van der Waals surface area contributed by atoms with Gasteiger partial charge in [-0.15, -0.1) is 11.3 Å². The highest BCUT2D eigenvalue weighted by atomic mass is 32.1. The molecule has 26 heavy (non-hydrogen) atoms. The molecule has 0 spiro atoms. The van der Waals surface area contributed by atoms with Crippen LogP contribution in [0, 0.1) is 5.82 Å². The van der Waals surface area contributed by atoms with Crippen molar-refractivity contribution in [2.24, 2.45) is 0 Å². The minimum absolute atomic E-state index is 0.332. The van der Waals surface area contributed by atoms with E-state index in [0.717, 1.165) is 10.6 Å². The second-order valence-corrected chi connectivity index (χ2v) is 6.56. The molecule has 1 amide bonds. The number of halogens is 1. The lowest BCUT2D eigenvalue weighted by molar-refractivity contribution is 0.102. The van der Waals surface area contributed by atoms with Crippen molar-refractivity contribution in [3.8, 4) is 16.3 Å². The Morgan fingerprint density at radius 2 is 1.88 bits per heavy atom. The summed E-state index contributed by atoms with van der Waals surface area (Å²) in [5.74, 6) is -0.734. The van der Waals surface area contributed by atoms with Crippen LogP contribution in [0.25, 0.3) is 16.3 Å². The lowest BCUT2D eigenvalue weighted by atomic mass is 10.2. The summed E-state index contributed by atoms with van der Waals surface area (Å²) in [6.07, 6.45) is 1.69. The van der Waals surface area contributed by atoms with E-state index in [1.165, 1.54) is 23.5 Å². The molecule has 4 nitrogen and oxygen atoms in total. The van der Waals surface area contributed by atoms with Gasteiger partial charge in [-0.2, -0.15) is 5.10 Å². The number of benzene rings is 2. The lowest BCUT2D eigenvalue weighted by Crippen LogP contribution is -2.12. The molecule has 0 bridgehead atoms. The minimum atomic E-state index is -0.402. The Hall–Kier alpha value is -3.25. The van der Waals surface area contributed by atoms with Gasteiger partial charge >= 0.3 is 0 Å². The summed E-state index contributed by atoms with van der Waals surface area (Å²) in [4.78, 5) is 13.7. The van der Waals surface area contributed by atoms with Crippen LogP contribution in [-0.2, 0) is 0 Å². The van der Waals surface area contributed by atoms with Gasteiger partial charge in [-0.25, -0.2) is 9.07 Å². The number of nitrogens with one attached hydrogen (secondary N) is 1. The predicted molar refractivity (Wildman–Crippen MR) is 101 cm³/mol. The fourth-order valence-electron chi connectivity index (χ4n) is 2.61. The average Bonchev–Trinajstić information content (AvgIpc) is 3.32. The largest absolute Gasteiger partial charge is 0.322 e. The third-order valence-electron chi connectivity index (χ3n) is 3.82. The van der Waals surface area contributed by atoms with Gasteiger partial charge in [-0.3, -0.25) is 4.79 Å². The Morgan fingerprint density at radius 3 is 2.62 bits per heavy atom. The molecule has 0 atom stereocenters. The summed E-state index contributed by atoms with van der Waals surface area (Å²) in [6, 6.07) is 19.2. The van der Waals surface area contributed by atoms with Crippen LogP contribution in [0.4, 0.5) is 10.1 Å². The van der Waals surface area contributed by atoms with Crippen LogP contribution in [0.15, 0.2) is 78.3 Å². The zero-order chi connectivity index (χ0) is 17.9. The van der Waals surface area contributed by atoms with Gasteiger partial charge in [-0.1, -0.05) is 30.3 Å². The number of carbonyl (C=O) groups is 1. The maximum atomic E-state index is 13.4. The first-order chi connectivity index (χ1) is 12.7. The Labute approximate surface area is 153 Å². The van der Waals surface area contributed by atoms with Gasteiger partial charge in [0.1, 0.15) is 11.5 Å². The molecule has 0 radical (unpaired) electrons. The molecule has 6 heteroatoms. The molecule has 0 aliphatic rings. The molecular formula is C20H14FN3OS. The molecule has 0 unspecified atom stereocenters. The van der Waals surface area contributed by atoms with Gasteiger partial charge in [0.2, 0.25) is 0 Å². The number of hydrogen-bond donors (Lipinski definition) is 1. The van der Waals surface area contributed by atoms with Crippen molar-refractivity contribution in [2.75, 3.05) is 5.32 Å². The summed E-state index contributed by atoms with van der Waals surface area (Å²) in [5.41, 5.74) is 2.29. The third-order valence-corrected chi connectivity index (χ3v) is 4.69. The summed E-state index contributed by atoms with van der Waals surface area (Å²) in [6.45, 7) is 0. The summed E-state index contributed by atoms with van der Waals surface area (Å²) >= 11 is 1.51. The Balaban J connectivity index is 1.74. The van der Waals surface area contributed by atoms with Crippen LogP contribution in [-0.4, -0.2) is 15.7 Å². The van der Waals surface area contributed by atoms with E-state index in [1.807, 2.05) is 47.8 Å². The zero-order valence-electron chi connectivity index (χ0n) is 13.6. The van der Waals surface area contributed by atoms with E-state index in [4.69, 9.17) is 0 Å². The molecule has 1 N–H and O–H groups in total. The van der Waals surface area contributed by atoms with Crippen LogP contribution in [0.3, 0.4) is 0 Å². The van der Waals surface area contributed by atoms with Crippen LogP contribution in [0.2, 0.25) is 0 Å². The molecule has 0 saturated carbocycles. The number of aromatic nitrogens is 2. The highest BCUT2D eigenvalue weighted by Gasteiger charge is 2.19. The number of thiophene rings is 1. The normalized spacial score (nSPS) is 10.7. The number of anilines is 1. The first-order valence-electron chi connectivity index (χ1n) is 7.96. The van der Waals surface area contributed by atoms with Gasteiger partial charge < -0.3 is 5.32 Å². The van der Waals surface area contributed by atoms with Gasteiger partial charge in [0.05, 0.1) is 16.1 Å². The molecule has 128 valence electrons. The van der Waals surface area contributed by atoms with E-state index in [-0.39, 0.29) is 5.91 Å². The van der Waals surface area contributed by atoms with Crippen molar-refractivity contribution in [1.82, 2.24) is 9.78 Å². The first-order valence-corrected chi connectivity index (χ1v) is 8.84. The van der Waals surface area contributed by atoms with E-state index in [9.17, 15) is 9.18 Å². The van der Waals surface area contributed by atoms with Crippen molar-refractivity contribution in [3.05, 3.63) is 89.7 Å². The Kier molecular flexibility index (Phi) is 4.33. The quantitative estimate of drug-likeness (QED) is 0.555. The van der Waals surface area contributed by atoms with Gasteiger partial charge in [0.15, 0.2) is 0 Å². The summed E-state index contributed by atoms with van der Waals surface area (Å²) < 4.78 is 15.1. The fraction of sp³-hybridized carbons (Fsp3) is 0. The van der Waals surface area contributed by atoms with Crippen LogP contribution >= 0.6 is 11.3 Å². The highest BCUT2D eigenvalue weighted by Crippen LogP contribution is 2.28. The topological polar surface area (TPSA) is 46.9 Å². The average molecular weight is 363 g/mol. The summed E-state index contributed by atoms with van der Waals surface area (Å²) in [5, 5.41) is 9.27. The number of amides is 1. The number of carbonyl (C=O) groups excluding carboxylic acids is 1. The van der Waals surface area contributed by atoms with Crippen LogP contribution in [0.5, 0.6) is 0 Å². The minimum Gasteiger partial charge on any atom is -0.322 e. The SMILES string of the molecule is O=C(Nc1cccc(F)c1)c1cn(-c2ccccc2)nc1-c1cccs1. The number of para-hydroxylation sites is 1. The van der Waals surface area contributed by atoms with E-state index < -0.39 is 5.82 Å². The van der Waals surface area contributed by atoms with Crippen LogP contribution in [0.1, 0.15) is 10.4 Å². The second kappa shape index (κ2) is 6.93. The Morgan fingerprint density at radius 1 is 1.04 bits per heavy atom.